The topological polar surface area (TPSA) is 88.5 Å². The number of aromatic nitrogens is 1. The quantitative estimate of drug-likeness (QED) is 0.770. The third kappa shape index (κ3) is 6.25. The monoisotopic (exact) mass is 342 g/mol. The fourth-order valence-electron chi connectivity index (χ4n) is 2.24. The first-order chi connectivity index (χ1) is 11.9. The molecule has 2 aromatic rings. The van der Waals surface area contributed by atoms with Gasteiger partial charge in [-0.3, -0.25) is 14.6 Å². The number of hydrogen-bond donors (Lipinski definition) is 2. The zero-order valence-corrected chi connectivity index (χ0v) is 14.4. The summed E-state index contributed by atoms with van der Waals surface area (Å²) in [5, 5.41) is 11.6. The van der Waals surface area contributed by atoms with Gasteiger partial charge in [-0.15, -0.1) is 0 Å². The fourth-order valence-corrected chi connectivity index (χ4v) is 2.24. The summed E-state index contributed by atoms with van der Waals surface area (Å²) in [6.07, 6.45) is 3.77. The number of pyridine rings is 1. The minimum absolute atomic E-state index is 0.00153. The van der Waals surface area contributed by atoms with E-state index in [1.54, 1.807) is 50.5 Å². The van der Waals surface area contributed by atoms with Crippen LogP contribution in [0.15, 0.2) is 48.8 Å². The van der Waals surface area contributed by atoms with E-state index in [-0.39, 0.29) is 12.3 Å². The minimum atomic E-state index is -0.881. The number of carboxylic acids is 1. The average Bonchev–Trinajstić information content (AvgIpc) is 2.59. The molecule has 2 N–H and O–H groups in total. The van der Waals surface area contributed by atoms with E-state index in [0.717, 1.165) is 5.56 Å². The van der Waals surface area contributed by atoms with Crippen LogP contribution in [0.2, 0.25) is 0 Å². The maximum absolute atomic E-state index is 12.4. The predicted octanol–water partition coefficient (Wildman–Crippen LogP) is 3.03. The SMILES string of the molecule is CC(C)(CCC(=O)O)NC(=O)c1cccc(OCc2cccnc2)c1. The summed E-state index contributed by atoms with van der Waals surface area (Å²) in [6, 6.07) is 10.6. The van der Waals surface area contributed by atoms with Crippen LogP contribution in [0.3, 0.4) is 0 Å². The maximum atomic E-state index is 12.4. The number of nitrogens with one attached hydrogen (secondary N) is 1. The van der Waals surface area contributed by atoms with E-state index in [9.17, 15) is 9.59 Å². The Balaban J connectivity index is 1.97. The number of nitrogens with zero attached hydrogens (tertiary/aromatic N) is 1. The Morgan fingerprint density at radius 1 is 1.24 bits per heavy atom. The number of amides is 1. The largest absolute Gasteiger partial charge is 0.489 e. The number of ether oxygens (including phenoxy) is 1. The second-order valence-corrected chi connectivity index (χ2v) is 6.41. The molecule has 1 amide bonds. The number of carbonyl (C=O) groups is 2. The van der Waals surface area contributed by atoms with Crippen LogP contribution >= 0.6 is 0 Å². The van der Waals surface area contributed by atoms with Crippen LogP contribution in [-0.2, 0) is 11.4 Å². The Morgan fingerprint density at radius 3 is 2.72 bits per heavy atom. The Hall–Kier alpha value is -2.89. The summed E-state index contributed by atoms with van der Waals surface area (Å²) >= 11 is 0. The van der Waals surface area contributed by atoms with Gasteiger partial charge in [0.25, 0.3) is 5.91 Å². The lowest BCUT2D eigenvalue weighted by molar-refractivity contribution is -0.137. The lowest BCUT2D eigenvalue weighted by atomic mass is 9.97. The van der Waals surface area contributed by atoms with Gasteiger partial charge in [0.1, 0.15) is 12.4 Å². The molecule has 0 atom stereocenters. The third-order valence-electron chi connectivity index (χ3n) is 3.64. The van der Waals surface area contributed by atoms with Crippen molar-refractivity contribution >= 4 is 11.9 Å². The Morgan fingerprint density at radius 2 is 2.04 bits per heavy atom. The third-order valence-corrected chi connectivity index (χ3v) is 3.64. The highest BCUT2D eigenvalue weighted by atomic mass is 16.5. The molecule has 0 saturated carbocycles. The Bertz CT molecular complexity index is 729. The van der Waals surface area contributed by atoms with Gasteiger partial charge in [0.2, 0.25) is 0 Å². The molecule has 0 bridgehead atoms. The molecule has 0 saturated heterocycles. The molecule has 1 aromatic heterocycles. The molecule has 0 unspecified atom stereocenters. The molecule has 0 aliphatic carbocycles. The van der Waals surface area contributed by atoms with Crippen LogP contribution in [0.1, 0.15) is 42.6 Å². The van der Waals surface area contributed by atoms with Crippen molar-refractivity contribution < 1.29 is 19.4 Å². The highest BCUT2D eigenvalue weighted by molar-refractivity contribution is 5.95. The first kappa shape index (κ1) is 18.4. The van der Waals surface area contributed by atoms with Gasteiger partial charge in [0.15, 0.2) is 0 Å². The Kier molecular flexibility index (Phi) is 6.11. The molecule has 2 rings (SSSR count). The number of hydrogen-bond acceptors (Lipinski definition) is 4. The summed E-state index contributed by atoms with van der Waals surface area (Å²) in [5.41, 5.74) is 0.793. The van der Waals surface area contributed by atoms with E-state index in [1.807, 2.05) is 12.1 Å². The number of carbonyl (C=O) groups excluding carboxylic acids is 1. The van der Waals surface area contributed by atoms with E-state index >= 15 is 0 Å². The van der Waals surface area contributed by atoms with Crippen molar-refractivity contribution in [2.45, 2.75) is 38.8 Å². The molecular formula is C19H22N2O4. The van der Waals surface area contributed by atoms with Crippen molar-refractivity contribution in [2.24, 2.45) is 0 Å². The number of benzene rings is 1. The number of carboxylic acid groups (broad SMARTS) is 1. The van der Waals surface area contributed by atoms with Crippen LogP contribution in [0.4, 0.5) is 0 Å². The van der Waals surface area contributed by atoms with Gasteiger partial charge in [0.05, 0.1) is 0 Å². The van der Waals surface area contributed by atoms with Crippen LogP contribution in [0, 0.1) is 0 Å². The number of rotatable bonds is 8. The second kappa shape index (κ2) is 8.28. The lowest BCUT2D eigenvalue weighted by Gasteiger charge is -2.25. The van der Waals surface area contributed by atoms with E-state index in [2.05, 4.69) is 10.3 Å². The van der Waals surface area contributed by atoms with Gasteiger partial charge in [0, 0.05) is 35.5 Å². The van der Waals surface area contributed by atoms with Crippen LogP contribution in [0.25, 0.3) is 0 Å². The van der Waals surface area contributed by atoms with Gasteiger partial charge in [-0.1, -0.05) is 12.1 Å². The molecular weight excluding hydrogens is 320 g/mol. The molecule has 0 radical (unpaired) electrons. The van der Waals surface area contributed by atoms with Crippen LogP contribution in [-0.4, -0.2) is 27.5 Å². The summed E-state index contributed by atoms with van der Waals surface area (Å²) in [5.74, 6) is -0.560. The summed E-state index contributed by atoms with van der Waals surface area (Å²) in [6.45, 7) is 3.97. The smallest absolute Gasteiger partial charge is 0.303 e. The fraction of sp³-hybridized carbons (Fsp3) is 0.316. The normalized spacial score (nSPS) is 11.0. The molecule has 0 aliphatic rings. The minimum Gasteiger partial charge on any atom is -0.489 e. The maximum Gasteiger partial charge on any atom is 0.303 e. The highest BCUT2D eigenvalue weighted by Crippen LogP contribution is 2.17. The zero-order valence-electron chi connectivity index (χ0n) is 14.4. The molecule has 25 heavy (non-hydrogen) atoms. The second-order valence-electron chi connectivity index (χ2n) is 6.41. The van der Waals surface area contributed by atoms with Gasteiger partial charge in [-0.2, -0.15) is 0 Å². The lowest BCUT2D eigenvalue weighted by Crippen LogP contribution is -2.43. The molecule has 1 aromatic carbocycles. The summed E-state index contributed by atoms with van der Waals surface area (Å²) in [4.78, 5) is 27.1. The van der Waals surface area contributed by atoms with Gasteiger partial charge in [-0.25, -0.2) is 0 Å². The standard InChI is InChI=1S/C19H22N2O4/c1-19(2,9-8-17(22)23)21-18(24)15-6-3-7-16(11-15)25-13-14-5-4-10-20-12-14/h3-7,10-12H,8-9,13H2,1-2H3,(H,21,24)(H,22,23). The van der Waals surface area contributed by atoms with Gasteiger partial charge in [-0.05, 0) is 44.5 Å². The van der Waals surface area contributed by atoms with Gasteiger partial charge >= 0.3 is 5.97 Å². The van der Waals surface area contributed by atoms with Crippen molar-refractivity contribution in [1.82, 2.24) is 10.3 Å². The van der Waals surface area contributed by atoms with E-state index < -0.39 is 11.5 Å². The highest BCUT2D eigenvalue weighted by Gasteiger charge is 2.22. The van der Waals surface area contributed by atoms with Gasteiger partial charge < -0.3 is 15.2 Å². The average molecular weight is 342 g/mol. The van der Waals surface area contributed by atoms with E-state index in [1.165, 1.54) is 0 Å². The first-order valence-electron chi connectivity index (χ1n) is 8.02. The molecule has 0 aliphatic heterocycles. The van der Waals surface area contributed by atoms with E-state index in [4.69, 9.17) is 9.84 Å². The molecule has 0 spiro atoms. The molecule has 0 fully saturated rings. The van der Waals surface area contributed by atoms with Crippen molar-refractivity contribution in [2.75, 3.05) is 0 Å². The predicted molar refractivity (Wildman–Crippen MR) is 93.4 cm³/mol. The molecule has 6 heteroatoms. The van der Waals surface area contributed by atoms with Crippen molar-refractivity contribution in [1.29, 1.82) is 0 Å². The Labute approximate surface area is 146 Å². The molecule has 1 heterocycles. The number of aliphatic carboxylic acids is 1. The summed E-state index contributed by atoms with van der Waals surface area (Å²) < 4.78 is 5.69. The summed E-state index contributed by atoms with van der Waals surface area (Å²) in [7, 11) is 0. The van der Waals surface area contributed by atoms with Crippen molar-refractivity contribution in [3.8, 4) is 5.75 Å². The first-order valence-corrected chi connectivity index (χ1v) is 8.02. The molecule has 6 nitrogen and oxygen atoms in total. The zero-order chi connectivity index (χ0) is 18.3. The van der Waals surface area contributed by atoms with Crippen molar-refractivity contribution in [3.05, 3.63) is 59.9 Å². The van der Waals surface area contributed by atoms with E-state index in [0.29, 0.717) is 24.3 Å². The molecule has 132 valence electrons. The van der Waals surface area contributed by atoms with Crippen LogP contribution in [0.5, 0.6) is 5.75 Å². The van der Waals surface area contributed by atoms with Crippen molar-refractivity contribution in [3.63, 3.8) is 0 Å². The van der Waals surface area contributed by atoms with Crippen LogP contribution < -0.4 is 10.1 Å².